The van der Waals surface area contributed by atoms with Gasteiger partial charge in [0.05, 0.1) is 5.69 Å². The number of nitrogens with zero attached hydrogens (tertiary/aromatic N) is 2. The summed E-state index contributed by atoms with van der Waals surface area (Å²) in [6.45, 7) is 2.84. The van der Waals surface area contributed by atoms with Gasteiger partial charge in [0.15, 0.2) is 0 Å². The van der Waals surface area contributed by atoms with E-state index < -0.39 is 10.8 Å². The van der Waals surface area contributed by atoms with E-state index in [4.69, 9.17) is 0 Å². The predicted octanol–water partition coefficient (Wildman–Crippen LogP) is 1.73. The summed E-state index contributed by atoms with van der Waals surface area (Å²) in [4.78, 5) is 0. The number of hydrogen-bond donors (Lipinski definition) is 1. The summed E-state index contributed by atoms with van der Waals surface area (Å²) in [6, 6.07) is 10.4. The predicted molar refractivity (Wildman–Crippen MR) is 78.8 cm³/mol. The molecule has 0 radical (unpaired) electrons. The van der Waals surface area contributed by atoms with Crippen LogP contribution in [0.25, 0.3) is 5.69 Å². The molecule has 0 aliphatic rings. The first-order valence-electron chi connectivity index (χ1n) is 6.27. The van der Waals surface area contributed by atoms with Crippen LogP contribution in [0.3, 0.4) is 0 Å². The highest BCUT2D eigenvalue weighted by atomic mass is 32.2. The molecule has 0 fully saturated rings. The monoisotopic (exact) mass is 277 g/mol. The van der Waals surface area contributed by atoms with E-state index in [0.29, 0.717) is 5.75 Å². The van der Waals surface area contributed by atoms with Crippen molar-refractivity contribution in [3.8, 4) is 5.69 Å². The Balaban J connectivity index is 1.90. The highest BCUT2D eigenvalue weighted by molar-refractivity contribution is 7.84. The lowest BCUT2D eigenvalue weighted by atomic mass is 10.2. The average molecular weight is 277 g/mol. The summed E-state index contributed by atoms with van der Waals surface area (Å²) in [7, 11) is -0.752. The molecular formula is C14H19N3OS. The number of aromatic nitrogens is 2. The summed E-state index contributed by atoms with van der Waals surface area (Å²) in [5, 5.41) is 7.56. The maximum absolute atomic E-state index is 11.1. The van der Waals surface area contributed by atoms with Crippen molar-refractivity contribution < 1.29 is 4.21 Å². The van der Waals surface area contributed by atoms with Crippen LogP contribution in [0.2, 0.25) is 0 Å². The van der Waals surface area contributed by atoms with Crippen molar-refractivity contribution in [2.24, 2.45) is 0 Å². The molecule has 1 N–H and O–H groups in total. The van der Waals surface area contributed by atoms with Gasteiger partial charge in [-0.3, -0.25) is 4.21 Å². The second-order valence-electron chi connectivity index (χ2n) is 4.64. The molecule has 0 amide bonds. The summed E-state index contributed by atoms with van der Waals surface area (Å²) in [5.74, 6) is 0.686. The smallest absolute Gasteiger partial charge is 0.0645 e. The van der Waals surface area contributed by atoms with Crippen molar-refractivity contribution >= 4 is 10.8 Å². The molecule has 1 heterocycles. The molecule has 19 heavy (non-hydrogen) atoms. The van der Waals surface area contributed by atoms with Crippen LogP contribution < -0.4 is 5.32 Å². The van der Waals surface area contributed by atoms with Gasteiger partial charge in [0, 0.05) is 47.8 Å². The first kappa shape index (κ1) is 14.0. The van der Waals surface area contributed by atoms with Gasteiger partial charge in [0.2, 0.25) is 0 Å². The Kier molecular flexibility index (Phi) is 4.87. The van der Waals surface area contributed by atoms with Crippen molar-refractivity contribution in [1.82, 2.24) is 15.1 Å². The van der Waals surface area contributed by atoms with Crippen LogP contribution in [0.1, 0.15) is 12.5 Å². The lowest BCUT2D eigenvalue weighted by molar-refractivity contribution is 0.587. The van der Waals surface area contributed by atoms with Crippen LogP contribution in [0.15, 0.2) is 42.7 Å². The van der Waals surface area contributed by atoms with Gasteiger partial charge in [-0.05, 0) is 30.7 Å². The average Bonchev–Trinajstić information content (AvgIpc) is 2.90. The van der Waals surface area contributed by atoms with Crippen molar-refractivity contribution in [3.63, 3.8) is 0 Å². The first-order chi connectivity index (χ1) is 9.15. The Morgan fingerprint density at radius 3 is 2.68 bits per heavy atom. The molecule has 4 nitrogen and oxygen atoms in total. The topological polar surface area (TPSA) is 46.9 Å². The van der Waals surface area contributed by atoms with Crippen LogP contribution >= 0.6 is 0 Å². The lowest BCUT2D eigenvalue weighted by Crippen LogP contribution is -2.30. The Morgan fingerprint density at radius 2 is 2.11 bits per heavy atom. The zero-order valence-corrected chi connectivity index (χ0v) is 12.1. The molecule has 2 unspecified atom stereocenters. The fourth-order valence-corrected chi connectivity index (χ4v) is 2.71. The SMILES string of the molecule is CC(CS(C)=O)NCc1ccc(-n2cccn2)cc1. The second kappa shape index (κ2) is 6.63. The minimum atomic E-state index is -0.752. The molecule has 2 aromatic rings. The number of nitrogens with one attached hydrogen (secondary N) is 1. The van der Waals surface area contributed by atoms with E-state index >= 15 is 0 Å². The minimum Gasteiger partial charge on any atom is -0.309 e. The van der Waals surface area contributed by atoms with E-state index in [2.05, 4.69) is 29.5 Å². The van der Waals surface area contributed by atoms with E-state index in [1.807, 2.05) is 29.1 Å². The normalized spacial score (nSPS) is 14.2. The molecule has 0 bridgehead atoms. The summed E-state index contributed by atoms with van der Waals surface area (Å²) in [6.07, 6.45) is 5.42. The molecule has 0 saturated heterocycles. The zero-order valence-electron chi connectivity index (χ0n) is 11.2. The van der Waals surface area contributed by atoms with Crippen LogP contribution in [-0.4, -0.2) is 32.0 Å². The van der Waals surface area contributed by atoms with Gasteiger partial charge in [-0.1, -0.05) is 12.1 Å². The fourth-order valence-electron chi connectivity index (χ4n) is 1.89. The van der Waals surface area contributed by atoms with Crippen molar-refractivity contribution in [2.45, 2.75) is 19.5 Å². The van der Waals surface area contributed by atoms with E-state index in [0.717, 1.165) is 12.2 Å². The van der Waals surface area contributed by atoms with E-state index in [9.17, 15) is 4.21 Å². The standard InChI is InChI=1S/C14H19N3OS/c1-12(11-19(2)18)15-10-13-4-6-14(7-5-13)17-9-3-8-16-17/h3-9,12,15H,10-11H2,1-2H3. The molecule has 1 aromatic heterocycles. The summed E-state index contributed by atoms with van der Waals surface area (Å²) < 4.78 is 12.9. The molecule has 5 heteroatoms. The number of hydrogen-bond acceptors (Lipinski definition) is 3. The highest BCUT2D eigenvalue weighted by Gasteiger charge is 2.04. The first-order valence-corrected chi connectivity index (χ1v) is 8.00. The number of rotatable bonds is 6. The molecule has 0 saturated carbocycles. The number of benzene rings is 1. The molecule has 0 aliphatic carbocycles. The van der Waals surface area contributed by atoms with E-state index in [1.54, 1.807) is 12.5 Å². The Labute approximate surface area is 116 Å². The largest absolute Gasteiger partial charge is 0.309 e. The van der Waals surface area contributed by atoms with Crippen LogP contribution in [0.4, 0.5) is 0 Å². The molecule has 0 spiro atoms. The third-order valence-corrected chi connectivity index (χ3v) is 3.81. The van der Waals surface area contributed by atoms with Gasteiger partial charge in [-0.25, -0.2) is 4.68 Å². The highest BCUT2D eigenvalue weighted by Crippen LogP contribution is 2.08. The van der Waals surface area contributed by atoms with Gasteiger partial charge in [0.1, 0.15) is 0 Å². The van der Waals surface area contributed by atoms with Crippen molar-refractivity contribution in [2.75, 3.05) is 12.0 Å². The quantitative estimate of drug-likeness (QED) is 0.874. The van der Waals surface area contributed by atoms with E-state index in [1.165, 1.54) is 5.56 Å². The molecule has 0 aliphatic heterocycles. The van der Waals surface area contributed by atoms with Crippen LogP contribution in [-0.2, 0) is 17.3 Å². The Bertz CT molecular complexity index is 522. The minimum absolute atomic E-state index is 0.261. The zero-order chi connectivity index (χ0) is 13.7. The Morgan fingerprint density at radius 1 is 1.37 bits per heavy atom. The second-order valence-corrected chi connectivity index (χ2v) is 6.12. The van der Waals surface area contributed by atoms with Crippen molar-refractivity contribution in [1.29, 1.82) is 0 Å². The van der Waals surface area contributed by atoms with E-state index in [-0.39, 0.29) is 6.04 Å². The molecular weight excluding hydrogens is 258 g/mol. The third-order valence-electron chi connectivity index (χ3n) is 2.84. The maximum atomic E-state index is 11.1. The van der Waals surface area contributed by atoms with Gasteiger partial charge in [-0.2, -0.15) is 5.10 Å². The molecule has 2 rings (SSSR count). The van der Waals surface area contributed by atoms with Gasteiger partial charge >= 0.3 is 0 Å². The van der Waals surface area contributed by atoms with Gasteiger partial charge < -0.3 is 5.32 Å². The molecule has 2 atom stereocenters. The fraction of sp³-hybridized carbons (Fsp3) is 0.357. The van der Waals surface area contributed by atoms with Crippen LogP contribution in [0.5, 0.6) is 0 Å². The van der Waals surface area contributed by atoms with Gasteiger partial charge in [-0.15, -0.1) is 0 Å². The van der Waals surface area contributed by atoms with Gasteiger partial charge in [0.25, 0.3) is 0 Å². The summed E-state index contributed by atoms with van der Waals surface area (Å²) in [5.41, 5.74) is 2.26. The Hall–Kier alpha value is -1.46. The summed E-state index contributed by atoms with van der Waals surface area (Å²) >= 11 is 0. The van der Waals surface area contributed by atoms with Crippen LogP contribution in [0, 0.1) is 0 Å². The third kappa shape index (κ3) is 4.29. The maximum Gasteiger partial charge on any atom is 0.0645 e. The van der Waals surface area contributed by atoms with Crippen molar-refractivity contribution in [3.05, 3.63) is 48.3 Å². The lowest BCUT2D eigenvalue weighted by Gasteiger charge is -2.12. The molecule has 1 aromatic carbocycles. The molecule has 102 valence electrons.